The highest BCUT2D eigenvalue weighted by Gasteiger charge is 2.37. The molecular weight excluding hydrogens is 696 g/mol. The monoisotopic (exact) mass is 736 g/mol. The van der Waals surface area contributed by atoms with E-state index in [1.807, 2.05) is 51.1 Å². The van der Waals surface area contributed by atoms with Crippen molar-refractivity contribution in [3.8, 4) is 11.5 Å². The predicted octanol–water partition coefficient (Wildman–Crippen LogP) is 6.32. The van der Waals surface area contributed by atoms with Crippen molar-refractivity contribution in [2.75, 3.05) is 25.1 Å². The Morgan fingerprint density at radius 3 is 2.24 bits per heavy atom. The lowest BCUT2D eigenvalue weighted by Crippen LogP contribution is -2.56. The third-order valence-corrected chi connectivity index (χ3v) is 9.90. The highest BCUT2D eigenvalue weighted by Crippen LogP contribution is 2.36. The molecule has 0 saturated heterocycles. The Balaban J connectivity index is 1.92. The lowest BCUT2D eigenvalue weighted by Gasteiger charge is -2.35. The topological polar surface area (TPSA) is 148 Å². The first-order valence-corrected chi connectivity index (χ1v) is 17.8. The number of hydrogen-bond donors (Lipinski definition) is 1. The van der Waals surface area contributed by atoms with Crippen LogP contribution in [0.15, 0.2) is 95.9 Å². The molecule has 0 heterocycles. The second-order valence-electron chi connectivity index (χ2n) is 12.9. The number of nitrogens with one attached hydrogen (secondary N) is 1. The SMILES string of the molecule is COc1cccc(CN(C(=O)CN(c2cc(Cl)ccc2OC)S(=O)(=O)c2ccc(C)c([N+](=O)[O-])c2)[C@H](Cc2ccccc2)C(=O)NC(C)(C)C)c1. The number of aryl methyl sites for hydroxylation is 1. The van der Waals surface area contributed by atoms with Gasteiger partial charge in [0.1, 0.15) is 24.1 Å². The van der Waals surface area contributed by atoms with Crippen LogP contribution in [-0.2, 0) is 32.6 Å². The van der Waals surface area contributed by atoms with Gasteiger partial charge in [0.15, 0.2) is 0 Å². The molecule has 4 aromatic carbocycles. The molecule has 1 atom stereocenters. The van der Waals surface area contributed by atoms with Gasteiger partial charge in [-0.2, -0.15) is 0 Å². The Kier molecular flexibility index (Phi) is 12.3. The highest BCUT2D eigenvalue weighted by molar-refractivity contribution is 7.92. The zero-order valence-corrected chi connectivity index (χ0v) is 30.8. The molecule has 4 rings (SSSR count). The van der Waals surface area contributed by atoms with Crippen molar-refractivity contribution in [3.05, 3.63) is 123 Å². The summed E-state index contributed by atoms with van der Waals surface area (Å²) in [7, 11) is -1.86. The maximum atomic E-state index is 14.8. The van der Waals surface area contributed by atoms with Gasteiger partial charge in [0.25, 0.3) is 15.7 Å². The Morgan fingerprint density at radius 1 is 0.922 bits per heavy atom. The first-order valence-electron chi connectivity index (χ1n) is 15.9. The van der Waals surface area contributed by atoms with E-state index in [4.69, 9.17) is 21.1 Å². The molecule has 0 aliphatic heterocycles. The molecule has 0 aliphatic rings. The molecule has 4 aromatic rings. The fourth-order valence-electron chi connectivity index (χ4n) is 5.42. The smallest absolute Gasteiger partial charge is 0.273 e. The normalized spacial score (nSPS) is 12.1. The van der Waals surface area contributed by atoms with Gasteiger partial charge < -0.3 is 19.7 Å². The molecule has 2 amide bonds. The van der Waals surface area contributed by atoms with Gasteiger partial charge in [-0.3, -0.25) is 24.0 Å². The van der Waals surface area contributed by atoms with E-state index in [-0.39, 0.29) is 35.0 Å². The van der Waals surface area contributed by atoms with Crippen molar-refractivity contribution in [2.24, 2.45) is 0 Å². The molecule has 0 radical (unpaired) electrons. The summed E-state index contributed by atoms with van der Waals surface area (Å²) < 4.78 is 40.7. The van der Waals surface area contributed by atoms with E-state index < -0.39 is 55.5 Å². The molecular formula is C37H41ClN4O8S. The van der Waals surface area contributed by atoms with E-state index in [9.17, 15) is 28.1 Å². The molecule has 0 fully saturated rings. The van der Waals surface area contributed by atoms with Crippen molar-refractivity contribution in [1.29, 1.82) is 0 Å². The Morgan fingerprint density at radius 2 is 1.61 bits per heavy atom. The van der Waals surface area contributed by atoms with Crippen LogP contribution in [0.5, 0.6) is 11.5 Å². The molecule has 1 N–H and O–H groups in total. The molecule has 14 heteroatoms. The summed E-state index contributed by atoms with van der Waals surface area (Å²) in [6.45, 7) is 6.03. The number of benzene rings is 4. The van der Waals surface area contributed by atoms with Crippen LogP contribution in [0.4, 0.5) is 11.4 Å². The summed E-state index contributed by atoms with van der Waals surface area (Å²) in [4.78, 5) is 41.0. The van der Waals surface area contributed by atoms with Crippen molar-refractivity contribution in [1.82, 2.24) is 10.2 Å². The average molecular weight is 737 g/mol. The lowest BCUT2D eigenvalue weighted by atomic mass is 10.0. The number of nitro groups is 1. The van der Waals surface area contributed by atoms with E-state index in [0.29, 0.717) is 11.3 Å². The number of halogens is 1. The van der Waals surface area contributed by atoms with Gasteiger partial charge >= 0.3 is 0 Å². The number of nitrogens with zero attached hydrogens (tertiary/aromatic N) is 3. The number of sulfonamides is 1. The number of carbonyl (C=O) groups is 2. The second kappa shape index (κ2) is 16.3. The molecule has 0 spiro atoms. The summed E-state index contributed by atoms with van der Waals surface area (Å²) in [5.41, 5.74) is 0.472. The number of carbonyl (C=O) groups excluding carboxylic acids is 2. The van der Waals surface area contributed by atoms with E-state index in [2.05, 4.69) is 5.32 Å². The summed E-state index contributed by atoms with van der Waals surface area (Å²) in [5, 5.41) is 14.9. The van der Waals surface area contributed by atoms with Gasteiger partial charge in [0, 0.05) is 35.2 Å². The third kappa shape index (κ3) is 9.77. The van der Waals surface area contributed by atoms with Gasteiger partial charge in [-0.1, -0.05) is 60.1 Å². The van der Waals surface area contributed by atoms with Gasteiger partial charge in [0.2, 0.25) is 11.8 Å². The molecule has 12 nitrogen and oxygen atoms in total. The molecule has 0 aromatic heterocycles. The average Bonchev–Trinajstić information content (AvgIpc) is 3.08. The predicted molar refractivity (Wildman–Crippen MR) is 196 cm³/mol. The number of hydrogen-bond acceptors (Lipinski definition) is 8. The van der Waals surface area contributed by atoms with Crippen LogP contribution >= 0.6 is 11.6 Å². The second-order valence-corrected chi connectivity index (χ2v) is 15.1. The zero-order chi connectivity index (χ0) is 37.5. The van der Waals surface area contributed by atoms with Crippen LogP contribution in [0, 0.1) is 17.0 Å². The summed E-state index contributed by atoms with van der Waals surface area (Å²) in [6.07, 6.45) is 0.107. The first kappa shape index (κ1) is 38.7. The number of methoxy groups -OCH3 is 2. The van der Waals surface area contributed by atoms with Crippen LogP contribution < -0.4 is 19.1 Å². The van der Waals surface area contributed by atoms with Crippen molar-refractivity contribution >= 4 is 44.8 Å². The van der Waals surface area contributed by atoms with Crippen LogP contribution in [0.2, 0.25) is 5.02 Å². The zero-order valence-electron chi connectivity index (χ0n) is 29.3. The van der Waals surface area contributed by atoms with Gasteiger partial charge in [-0.15, -0.1) is 0 Å². The minimum Gasteiger partial charge on any atom is -0.497 e. The van der Waals surface area contributed by atoms with Crippen LogP contribution in [0.3, 0.4) is 0 Å². The summed E-state index contributed by atoms with van der Waals surface area (Å²) in [5.74, 6) is -0.600. The largest absolute Gasteiger partial charge is 0.497 e. The van der Waals surface area contributed by atoms with E-state index in [1.54, 1.807) is 24.3 Å². The number of rotatable bonds is 14. The highest BCUT2D eigenvalue weighted by atomic mass is 35.5. The summed E-state index contributed by atoms with van der Waals surface area (Å²) in [6, 6.07) is 22.8. The van der Waals surface area contributed by atoms with E-state index in [1.165, 1.54) is 56.4 Å². The van der Waals surface area contributed by atoms with Crippen molar-refractivity contribution < 1.29 is 32.4 Å². The van der Waals surface area contributed by atoms with Crippen LogP contribution in [0.25, 0.3) is 0 Å². The molecule has 0 aliphatic carbocycles. The maximum absolute atomic E-state index is 14.8. The van der Waals surface area contributed by atoms with E-state index in [0.717, 1.165) is 15.9 Å². The summed E-state index contributed by atoms with van der Waals surface area (Å²) >= 11 is 6.35. The van der Waals surface area contributed by atoms with Gasteiger partial charge in [-0.25, -0.2) is 8.42 Å². The quantitative estimate of drug-likeness (QED) is 0.117. The molecule has 0 saturated carbocycles. The van der Waals surface area contributed by atoms with Crippen LogP contribution in [0.1, 0.15) is 37.5 Å². The maximum Gasteiger partial charge on any atom is 0.273 e. The number of amides is 2. The van der Waals surface area contributed by atoms with Gasteiger partial charge in [0.05, 0.1) is 29.7 Å². The minimum atomic E-state index is -4.70. The first-order chi connectivity index (χ1) is 24.0. The molecule has 0 unspecified atom stereocenters. The van der Waals surface area contributed by atoms with Crippen molar-refractivity contribution in [2.45, 2.75) is 57.1 Å². The lowest BCUT2D eigenvalue weighted by molar-refractivity contribution is -0.385. The standard InChI is InChI=1S/C37H41ClN4O8S/c1-25-15-17-30(22-31(25)42(45)46)51(47,48)41(32-21-28(38)16-18-34(32)50-6)24-35(43)40(23-27-13-10-14-29(19-27)49-5)33(36(44)39-37(2,3)4)20-26-11-8-7-9-12-26/h7-19,21-22,33H,20,23-24H2,1-6H3,(H,39,44)/t33-/m1/s1. The third-order valence-electron chi connectivity index (χ3n) is 7.91. The molecule has 0 bridgehead atoms. The number of anilines is 1. The Bertz CT molecular complexity index is 2000. The minimum absolute atomic E-state index is 0.0723. The molecule has 51 heavy (non-hydrogen) atoms. The van der Waals surface area contributed by atoms with Crippen LogP contribution in [-0.4, -0.2) is 62.4 Å². The van der Waals surface area contributed by atoms with E-state index >= 15 is 0 Å². The fourth-order valence-corrected chi connectivity index (χ4v) is 7.02. The number of ether oxygens (including phenoxy) is 2. The van der Waals surface area contributed by atoms with Crippen molar-refractivity contribution in [3.63, 3.8) is 0 Å². The Labute approximate surface area is 303 Å². The fraction of sp³-hybridized carbons (Fsp3) is 0.297. The molecule has 270 valence electrons. The number of nitro benzene ring substituents is 1. The Hall–Kier alpha value is -5.14. The van der Waals surface area contributed by atoms with Gasteiger partial charge in [-0.05, 0) is 75.2 Å².